The lowest BCUT2D eigenvalue weighted by Gasteiger charge is -2.13. The minimum atomic E-state index is -0.363. The van der Waals surface area contributed by atoms with E-state index in [0.29, 0.717) is 10.7 Å². The first-order valence-electron chi connectivity index (χ1n) is 9.77. The molecule has 2 aromatic rings. The van der Waals surface area contributed by atoms with Gasteiger partial charge in [0.2, 0.25) is 0 Å². The first-order chi connectivity index (χ1) is 14.6. The third kappa shape index (κ3) is 4.71. The van der Waals surface area contributed by atoms with Gasteiger partial charge >= 0.3 is 0 Å². The maximum atomic E-state index is 12.5. The van der Waals surface area contributed by atoms with E-state index >= 15 is 0 Å². The van der Waals surface area contributed by atoms with E-state index in [2.05, 4.69) is 16.4 Å². The summed E-state index contributed by atoms with van der Waals surface area (Å²) < 4.78 is 5.56. The topological polar surface area (TPSA) is 88.6 Å². The summed E-state index contributed by atoms with van der Waals surface area (Å²) in [5.74, 6) is 0.0168. The number of benzene rings is 1. The Hall–Kier alpha value is -3.13. The first kappa shape index (κ1) is 20.2. The summed E-state index contributed by atoms with van der Waals surface area (Å²) in [7, 11) is 0. The molecule has 1 aromatic carbocycles. The molecule has 0 atom stereocenters. The van der Waals surface area contributed by atoms with Crippen molar-refractivity contribution >= 4 is 34.9 Å². The van der Waals surface area contributed by atoms with Crippen molar-refractivity contribution < 1.29 is 19.1 Å². The monoisotopic (exact) mass is 423 g/mol. The summed E-state index contributed by atoms with van der Waals surface area (Å²) in [6.45, 7) is 0.172. The number of aryl methyl sites for hydroxylation is 2. The first-order valence-corrected chi connectivity index (χ1v) is 10.6. The number of hydrogen-bond acceptors (Lipinski definition) is 6. The lowest BCUT2D eigenvalue weighted by atomic mass is 10.1. The highest BCUT2D eigenvalue weighted by molar-refractivity contribution is 8.18. The van der Waals surface area contributed by atoms with Crippen LogP contribution in [0.3, 0.4) is 0 Å². The third-order valence-electron chi connectivity index (χ3n) is 4.95. The van der Waals surface area contributed by atoms with Crippen molar-refractivity contribution in [2.24, 2.45) is 0 Å². The van der Waals surface area contributed by atoms with Gasteiger partial charge in [-0.3, -0.25) is 24.3 Å². The summed E-state index contributed by atoms with van der Waals surface area (Å²) in [5, 5.41) is 2.34. The van der Waals surface area contributed by atoms with Gasteiger partial charge in [0, 0.05) is 25.5 Å². The van der Waals surface area contributed by atoms with Crippen molar-refractivity contribution in [3.63, 3.8) is 0 Å². The zero-order valence-electron chi connectivity index (χ0n) is 16.3. The molecule has 0 unspecified atom stereocenters. The molecule has 3 amide bonds. The standard InChI is InChI=1S/C22H21N3O4S/c26-20(14-29-18-7-6-16-4-1-5-17(16)12-18)24-9-10-25-21(27)19(30-22(25)28)11-15-3-2-8-23-13-15/h2-3,6-8,11-13H,1,4-5,9-10,14H2,(H,24,26). The summed E-state index contributed by atoms with van der Waals surface area (Å²) in [4.78, 5) is 42.1. The van der Waals surface area contributed by atoms with Crippen LogP contribution >= 0.6 is 11.8 Å². The second kappa shape index (κ2) is 9.13. The molecule has 1 aliphatic heterocycles. The summed E-state index contributed by atoms with van der Waals surface area (Å²) in [5.41, 5.74) is 3.38. The Labute approximate surface area is 178 Å². The van der Waals surface area contributed by atoms with Crippen molar-refractivity contribution in [3.8, 4) is 5.75 Å². The van der Waals surface area contributed by atoms with Gasteiger partial charge in [0.1, 0.15) is 5.75 Å². The number of imide groups is 1. The number of fused-ring (bicyclic) bond motifs is 1. The number of rotatable bonds is 7. The van der Waals surface area contributed by atoms with E-state index in [0.717, 1.165) is 41.5 Å². The predicted octanol–water partition coefficient (Wildman–Crippen LogP) is 2.80. The SMILES string of the molecule is O=C(COc1ccc2c(c1)CCC2)NCCN1C(=O)SC(=Cc2cccnc2)C1=O. The fourth-order valence-electron chi connectivity index (χ4n) is 3.45. The number of thioether (sulfide) groups is 1. The van der Waals surface area contributed by atoms with Gasteiger partial charge in [0.15, 0.2) is 6.61 Å². The van der Waals surface area contributed by atoms with Crippen molar-refractivity contribution in [2.45, 2.75) is 19.3 Å². The van der Waals surface area contributed by atoms with Crippen molar-refractivity contribution in [2.75, 3.05) is 19.7 Å². The highest BCUT2D eigenvalue weighted by Crippen LogP contribution is 2.31. The molecular weight excluding hydrogens is 402 g/mol. The molecule has 8 heteroatoms. The Morgan fingerprint density at radius 3 is 2.93 bits per heavy atom. The number of ether oxygens (including phenoxy) is 1. The molecular formula is C22H21N3O4S. The number of pyridine rings is 1. The molecule has 2 heterocycles. The minimum absolute atomic E-state index is 0.110. The van der Waals surface area contributed by atoms with Crippen LogP contribution in [0.15, 0.2) is 47.6 Å². The second-order valence-corrected chi connectivity index (χ2v) is 8.04. The molecule has 1 aromatic heterocycles. The smallest absolute Gasteiger partial charge is 0.293 e. The minimum Gasteiger partial charge on any atom is -0.484 e. The van der Waals surface area contributed by atoms with E-state index in [-0.39, 0.29) is 36.7 Å². The molecule has 7 nitrogen and oxygen atoms in total. The van der Waals surface area contributed by atoms with E-state index in [1.807, 2.05) is 18.2 Å². The van der Waals surface area contributed by atoms with Gasteiger partial charge in [-0.25, -0.2) is 0 Å². The maximum Gasteiger partial charge on any atom is 0.293 e. The van der Waals surface area contributed by atoms with Crippen LogP contribution in [-0.4, -0.2) is 46.6 Å². The molecule has 1 saturated heterocycles. The number of carbonyl (C=O) groups is 3. The number of carbonyl (C=O) groups excluding carboxylic acids is 3. The van der Waals surface area contributed by atoms with Gasteiger partial charge in [-0.1, -0.05) is 12.1 Å². The largest absolute Gasteiger partial charge is 0.484 e. The molecule has 0 radical (unpaired) electrons. The summed E-state index contributed by atoms with van der Waals surface area (Å²) in [6, 6.07) is 9.49. The molecule has 4 rings (SSSR count). The van der Waals surface area contributed by atoms with E-state index in [1.54, 1.807) is 24.5 Å². The lowest BCUT2D eigenvalue weighted by molar-refractivity contribution is -0.125. The van der Waals surface area contributed by atoms with Crippen LogP contribution in [0.4, 0.5) is 4.79 Å². The van der Waals surface area contributed by atoms with Gasteiger partial charge in [0.25, 0.3) is 17.1 Å². The fraction of sp³-hybridized carbons (Fsp3) is 0.273. The molecule has 30 heavy (non-hydrogen) atoms. The Balaban J connectivity index is 1.24. The molecule has 1 aliphatic carbocycles. The Morgan fingerprint density at radius 2 is 2.10 bits per heavy atom. The second-order valence-electron chi connectivity index (χ2n) is 7.04. The van der Waals surface area contributed by atoms with Gasteiger partial charge in [-0.2, -0.15) is 0 Å². The normalized spacial score (nSPS) is 16.8. The average Bonchev–Trinajstić information content (AvgIpc) is 3.32. The van der Waals surface area contributed by atoms with Crippen LogP contribution in [0.1, 0.15) is 23.1 Å². The zero-order valence-corrected chi connectivity index (χ0v) is 17.1. The quantitative estimate of drug-likeness (QED) is 0.689. The Kier molecular flexibility index (Phi) is 6.13. The van der Waals surface area contributed by atoms with E-state index < -0.39 is 0 Å². The van der Waals surface area contributed by atoms with Crippen LogP contribution < -0.4 is 10.1 Å². The number of nitrogens with zero attached hydrogens (tertiary/aromatic N) is 2. The number of amides is 3. The number of nitrogens with one attached hydrogen (secondary N) is 1. The molecule has 1 N–H and O–H groups in total. The van der Waals surface area contributed by atoms with E-state index in [4.69, 9.17) is 4.74 Å². The Morgan fingerprint density at radius 1 is 1.23 bits per heavy atom. The summed E-state index contributed by atoms with van der Waals surface area (Å²) >= 11 is 0.886. The fourth-order valence-corrected chi connectivity index (χ4v) is 4.32. The molecule has 0 saturated carbocycles. The van der Waals surface area contributed by atoms with Gasteiger partial charge in [-0.05, 0) is 72.0 Å². The molecule has 0 bridgehead atoms. The van der Waals surface area contributed by atoms with Crippen molar-refractivity contribution in [3.05, 3.63) is 64.3 Å². The van der Waals surface area contributed by atoms with Gasteiger partial charge in [-0.15, -0.1) is 0 Å². The van der Waals surface area contributed by atoms with Gasteiger partial charge < -0.3 is 10.1 Å². The molecule has 154 valence electrons. The van der Waals surface area contributed by atoms with E-state index in [9.17, 15) is 14.4 Å². The molecule has 2 aliphatic rings. The van der Waals surface area contributed by atoms with Crippen LogP contribution in [0.25, 0.3) is 6.08 Å². The number of aromatic nitrogens is 1. The number of hydrogen-bond donors (Lipinski definition) is 1. The van der Waals surface area contributed by atoms with Crippen LogP contribution in [0, 0.1) is 0 Å². The predicted molar refractivity (Wildman–Crippen MR) is 114 cm³/mol. The highest BCUT2D eigenvalue weighted by atomic mass is 32.2. The summed E-state index contributed by atoms with van der Waals surface area (Å²) in [6.07, 6.45) is 8.20. The molecule has 1 fully saturated rings. The maximum absolute atomic E-state index is 12.5. The van der Waals surface area contributed by atoms with Crippen molar-refractivity contribution in [1.82, 2.24) is 15.2 Å². The highest BCUT2D eigenvalue weighted by Gasteiger charge is 2.34. The van der Waals surface area contributed by atoms with E-state index in [1.165, 1.54) is 11.1 Å². The van der Waals surface area contributed by atoms with Crippen LogP contribution in [-0.2, 0) is 22.4 Å². The zero-order chi connectivity index (χ0) is 20.9. The Bertz CT molecular complexity index is 1010. The van der Waals surface area contributed by atoms with Crippen molar-refractivity contribution in [1.29, 1.82) is 0 Å². The lowest BCUT2D eigenvalue weighted by Crippen LogP contribution is -2.38. The van der Waals surface area contributed by atoms with Gasteiger partial charge in [0.05, 0.1) is 4.91 Å². The average molecular weight is 423 g/mol. The van der Waals surface area contributed by atoms with Crippen LogP contribution in [0.5, 0.6) is 5.75 Å². The molecule has 0 spiro atoms. The third-order valence-corrected chi connectivity index (χ3v) is 5.86. The van der Waals surface area contributed by atoms with Crippen LogP contribution in [0.2, 0.25) is 0 Å².